The lowest BCUT2D eigenvalue weighted by atomic mass is 10.0. The van der Waals surface area contributed by atoms with Crippen LogP contribution in [0.4, 0.5) is 0 Å². The lowest BCUT2D eigenvalue weighted by molar-refractivity contribution is -0.116. The van der Waals surface area contributed by atoms with Crippen molar-refractivity contribution in [1.29, 1.82) is 0 Å². The van der Waals surface area contributed by atoms with Gasteiger partial charge in [-0.1, -0.05) is 26.0 Å². The van der Waals surface area contributed by atoms with Crippen LogP contribution in [0.25, 0.3) is 0 Å². The number of carbonyl (C=O) groups is 1. The summed E-state index contributed by atoms with van der Waals surface area (Å²) in [6.07, 6.45) is 1.87. The first kappa shape index (κ1) is 17.6. The molecule has 1 unspecified atom stereocenters. The number of hydrogen-bond acceptors (Lipinski definition) is 4. The Morgan fingerprint density at radius 1 is 1.33 bits per heavy atom. The van der Waals surface area contributed by atoms with Gasteiger partial charge in [0.05, 0.1) is 11.4 Å². The summed E-state index contributed by atoms with van der Waals surface area (Å²) in [4.78, 5) is 10.8. The monoisotopic (exact) mass is 313 g/mol. The number of nitrogens with one attached hydrogen (secondary N) is 2. The van der Waals surface area contributed by atoms with Crippen molar-refractivity contribution >= 4 is 15.9 Å². The molecule has 1 aromatic carbocycles. The largest absolute Gasteiger partial charge is 0.369 e. The van der Waals surface area contributed by atoms with Crippen LogP contribution >= 0.6 is 0 Å². The van der Waals surface area contributed by atoms with E-state index in [0.717, 1.165) is 24.9 Å². The van der Waals surface area contributed by atoms with Crippen LogP contribution in [0.5, 0.6) is 0 Å². The summed E-state index contributed by atoms with van der Waals surface area (Å²) in [5.41, 5.74) is 5.87. The Labute approximate surface area is 126 Å². The van der Waals surface area contributed by atoms with Gasteiger partial charge in [0.2, 0.25) is 15.9 Å². The zero-order valence-corrected chi connectivity index (χ0v) is 13.2. The lowest BCUT2D eigenvalue weighted by Gasteiger charge is -2.18. The van der Waals surface area contributed by atoms with Crippen molar-refractivity contribution < 1.29 is 13.2 Å². The van der Waals surface area contributed by atoms with Crippen LogP contribution in [0.15, 0.2) is 29.2 Å². The van der Waals surface area contributed by atoms with E-state index >= 15 is 0 Å². The average molecular weight is 313 g/mol. The third-order valence-corrected chi connectivity index (χ3v) is 4.46. The summed E-state index contributed by atoms with van der Waals surface area (Å²) in [5.74, 6) is -0.717. The zero-order valence-electron chi connectivity index (χ0n) is 12.4. The summed E-state index contributed by atoms with van der Waals surface area (Å²) in [5, 5.41) is 3.37. The van der Waals surface area contributed by atoms with Crippen LogP contribution in [-0.4, -0.2) is 27.4 Å². The SMILES string of the molecule is CCCNC(CC)c1cccc(S(=O)(=O)NCC(N)=O)c1. The Morgan fingerprint density at radius 3 is 2.62 bits per heavy atom. The van der Waals surface area contributed by atoms with Crippen LogP contribution in [0.2, 0.25) is 0 Å². The van der Waals surface area contributed by atoms with Crippen molar-refractivity contribution in [3.63, 3.8) is 0 Å². The number of benzene rings is 1. The summed E-state index contributed by atoms with van der Waals surface area (Å²) >= 11 is 0. The van der Waals surface area contributed by atoms with Gasteiger partial charge >= 0.3 is 0 Å². The van der Waals surface area contributed by atoms with Gasteiger partial charge in [-0.25, -0.2) is 13.1 Å². The molecule has 0 fully saturated rings. The fourth-order valence-corrected chi connectivity index (χ4v) is 3.01. The van der Waals surface area contributed by atoms with Crippen molar-refractivity contribution in [3.8, 4) is 0 Å². The van der Waals surface area contributed by atoms with Crippen molar-refractivity contribution in [2.45, 2.75) is 37.6 Å². The molecule has 0 heterocycles. The van der Waals surface area contributed by atoms with E-state index in [1.165, 1.54) is 6.07 Å². The molecule has 1 aromatic rings. The molecule has 0 aromatic heterocycles. The van der Waals surface area contributed by atoms with Gasteiger partial charge in [0.15, 0.2) is 0 Å². The van der Waals surface area contributed by atoms with Crippen molar-refractivity contribution in [3.05, 3.63) is 29.8 Å². The smallest absolute Gasteiger partial charge is 0.241 e. The summed E-state index contributed by atoms with van der Waals surface area (Å²) in [6.45, 7) is 4.58. The first-order valence-electron chi connectivity index (χ1n) is 7.02. The fourth-order valence-electron chi connectivity index (χ4n) is 1.96. The Kier molecular flexibility index (Phi) is 6.80. The maximum atomic E-state index is 12.1. The Balaban J connectivity index is 2.95. The molecule has 0 aliphatic rings. The molecular weight excluding hydrogens is 290 g/mol. The molecule has 0 spiro atoms. The van der Waals surface area contributed by atoms with Gasteiger partial charge in [0, 0.05) is 6.04 Å². The maximum Gasteiger partial charge on any atom is 0.241 e. The Bertz CT molecular complexity index is 573. The standard InChI is InChI=1S/C14H23N3O3S/c1-3-8-16-13(4-2)11-6-5-7-12(9-11)21(19,20)17-10-14(15)18/h5-7,9,13,16-17H,3-4,8,10H2,1-2H3,(H2,15,18). The van der Waals surface area contributed by atoms with Gasteiger partial charge in [0.1, 0.15) is 0 Å². The number of nitrogens with two attached hydrogens (primary N) is 1. The quantitative estimate of drug-likeness (QED) is 0.630. The number of hydrogen-bond donors (Lipinski definition) is 3. The van der Waals surface area contributed by atoms with Crippen LogP contribution in [0.3, 0.4) is 0 Å². The van der Waals surface area contributed by atoms with E-state index in [4.69, 9.17) is 5.73 Å². The molecule has 0 saturated heterocycles. The predicted molar refractivity (Wildman–Crippen MR) is 82.2 cm³/mol. The molecule has 0 aliphatic heterocycles. The van der Waals surface area contributed by atoms with Crippen molar-refractivity contribution in [1.82, 2.24) is 10.0 Å². The van der Waals surface area contributed by atoms with Gasteiger partial charge in [0.25, 0.3) is 0 Å². The molecule has 6 nitrogen and oxygen atoms in total. The summed E-state index contributed by atoms with van der Waals surface area (Å²) in [6, 6.07) is 6.82. The molecule has 7 heteroatoms. The zero-order chi connectivity index (χ0) is 15.9. The van der Waals surface area contributed by atoms with E-state index in [2.05, 4.69) is 17.0 Å². The molecule has 21 heavy (non-hydrogen) atoms. The molecule has 0 saturated carbocycles. The Morgan fingerprint density at radius 2 is 2.05 bits per heavy atom. The van der Waals surface area contributed by atoms with Gasteiger partial charge in [-0.2, -0.15) is 0 Å². The minimum atomic E-state index is -3.72. The highest BCUT2D eigenvalue weighted by Crippen LogP contribution is 2.20. The molecule has 4 N–H and O–H groups in total. The molecule has 1 atom stereocenters. The van der Waals surface area contributed by atoms with E-state index in [9.17, 15) is 13.2 Å². The molecule has 0 bridgehead atoms. The first-order valence-corrected chi connectivity index (χ1v) is 8.50. The summed E-state index contributed by atoms with van der Waals surface area (Å²) < 4.78 is 26.3. The normalized spacial score (nSPS) is 13.0. The second kappa shape index (κ2) is 8.11. The second-order valence-corrected chi connectivity index (χ2v) is 6.55. The minimum Gasteiger partial charge on any atom is -0.369 e. The Hall–Kier alpha value is -1.44. The van der Waals surface area contributed by atoms with Gasteiger partial charge in [-0.05, 0) is 37.1 Å². The van der Waals surface area contributed by atoms with E-state index in [0.29, 0.717) is 0 Å². The number of rotatable bonds is 9. The molecule has 0 radical (unpaired) electrons. The highest BCUT2D eigenvalue weighted by atomic mass is 32.2. The third kappa shape index (κ3) is 5.45. The van der Waals surface area contributed by atoms with E-state index in [1.54, 1.807) is 12.1 Å². The van der Waals surface area contributed by atoms with E-state index < -0.39 is 22.5 Å². The van der Waals surface area contributed by atoms with Gasteiger partial charge in [-0.3, -0.25) is 4.79 Å². The number of carbonyl (C=O) groups excluding carboxylic acids is 1. The van der Waals surface area contributed by atoms with Crippen LogP contribution < -0.4 is 15.8 Å². The molecule has 1 rings (SSSR count). The van der Waals surface area contributed by atoms with E-state index in [-0.39, 0.29) is 10.9 Å². The molecular formula is C14H23N3O3S. The number of amides is 1. The predicted octanol–water partition coefficient (Wildman–Crippen LogP) is 0.901. The second-order valence-electron chi connectivity index (χ2n) is 4.78. The van der Waals surface area contributed by atoms with Crippen LogP contribution in [0.1, 0.15) is 38.3 Å². The summed E-state index contributed by atoms with van der Waals surface area (Å²) in [7, 11) is -3.72. The molecule has 1 amide bonds. The van der Waals surface area contributed by atoms with Gasteiger partial charge in [-0.15, -0.1) is 0 Å². The minimum absolute atomic E-state index is 0.108. The van der Waals surface area contributed by atoms with Crippen LogP contribution in [0, 0.1) is 0 Å². The highest BCUT2D eigenvalue weighted by molar-refractivity contribution is 7.89. The number of sulfonamides is 1. The highest BCUT2D eigenvalue weighted by Gasteiger charge is 2.17. The maximum absolute atomic E-state index is 12.1. The van der Waals surface area contributed by atoms with Crippen LogP contribution in [-0.2, 0) is 14.8 Å². The van der Waals surface area contributed by atoms with Crippen molar-refractivity contribution in [2.75, 3.05) is 13.1 Å². The fraction of sp³-hybridized carbons (Fsp3) is 0.500. The topological polar surface area (TPSA) is 101 Å². The number of primary amides is 1. The first-order chi connectivity index (χ1) is 9.90. The van der Waals surface area contributed by atoms with Crippen molar-refractivity contribution in [2.24, 2.45) is 5.73 Å². The third-order valence-electron chi connectivity index (χ3n) is 3.06. The average Bonchev–Trinajstić information content (AvgIpc) is 2.46. The van der Waals surface area contributed by atoms with E-state index in [1.807, 2.05) is 13.0 Å². The lowest BCUT2D eigenvalue weighted by Crippen LogP contribution is -2.33. The molecule has 0 aliphatic carbocycles. The van der Waals surface area contributed by atoms with Gasteiger partial charge < -0.3 is 11.1 Å². The molecule has 118 valence electrons.